The molecule has 0 heterocycles. The minimum Gasteiger partial charge on any atom is -0.303 e. The van der Waals surface area contributed by atoms with Crippen LogP contribution in [0.4, 0.5) is 0 Å². The molecule has 2 aliphatic carbocycles. The summed E-state index contributed by atoms with van der Waals surface area (Å²) in [6.45, 7) is 2.19. The number of hydrogen-bond acceptors (Lipinski definition) is 1. The van der Waals surface area contributed by atoms with E-state index >= 15 is 0 Å². The van der Waals surface area contributed by atoms with Crippen molar-refractivity contribution in [2.75, 3.05) is 0 Å². The van der Waals surface area contributed by atoms with Crippen LogP contribution in [0.1, 0.15) is 13.3 Å². The quantitative estimate of drug-likeness (QED) is 0.395. The second-order valence-electron chi connectivity index (χ2n) is 3.52. The molecule has 0 aromatic rings. The lowest BCUT2D eigenvalue weighted by Gasteiger charge is -2.18. The van der Waals surface area contributed by atoms with Gasteiger partial charge < -0.3 is 4.79 Å². The fraction of sp³-hybridized carbons (Fsp3) is 0.667. The number of carbonyl (C=O) groups is 1. The molecule has 1 nitrogen and oxygen atoms in total. The molecule has 0 aliphatic heterocycles. The molecule has 0 saturated heterocycles. The zero-order chi connectivity index (χ0) is 7.14. The van der Waals surface area contributed by atoms with Gasteiger partial charge in [-0.15, -0.1) is 0 Å². The van der Waals surface area contributed by atoms with Gasteiger partial charge in [0.25, 0.3) is 0 Å². The lowest BCUT2D eigenvalue weighted by molar-refractivity contribution is -0.112. The maximum Gasteiger partial charge on any atom is 0.123 e. The molecule has 0 N–H and O–H groups in total. The number of rotatable bonds is 1. The summed E-state index contributed by atoms with van der Waals surface area (Å²) >= 11 is 0. The molecule has 0 radical (unpaired) electrons. The maximum absolute atomic E-state index is 10.6. The van der Waals surface area contributed by atoms with E-state index in [1.54, 1.807) is 0 Å². The Labute approximate surface area is 61.1 Å². The van der Waals surface area contributed by atoms with Crippen molar-refractivity contribution >= 4 is 6.29 Å². The Morgan fingerprint density at radius 3 is 2.50 bits per heavy atom. The van der Waals surface area contributed by atoms with Crippen LogP contribution in [-0.2, 0) is 4.79 Å². The topological polar surface area (TPSA) is 17.1 Å². The first-order chi connectivity index (χ1) is 4.83. The first-order valence-electron chi connectivity index (χ1n) is 3.96. The smallest absolute Gasteiger partial charge is 0.123 e. The molecule has 10 heavy (non-hydrogen) atoms. The summed E-state index contributed by atoms with van der Waals surface area (Å²) in [7, 11) is 0. The van der Waals surface area contributed by atoms with Crippen molar-refractivity contribution in [3.63, 3.8) is 0 Å². The SMILES string of the molecule is C[C@H]1[C@@H]2C=CC(C2)[C@@H]1C=O. The zero-order valence-corrected chi connectivity index (χ0v) is 6.16. The van der Waals surface area contributed by atoms with E-state index < -0.39 is 0 Å². The molecule has 1 saturated carbocycles. The summed E-state index contributed by atoms with van der Waals surface area (Å²) in [4.78, 5) is 10.6. The van der Waals surface area contributed by atoms with E-state index in [1.165, 1.54) is 6.42 Å². The Hall–Kier alpha value is -0.590. The number of fused-ring (bicyclic) bond motifs is 2. The molecule has 4 atom stereocenters. The van der Waals surface area contributed by atoms with Crippen LogP contribution in [0.25, 0.3) is 0 Å². The number of aldehydes is 1. The highest BCUT2D eigenvalue weighted by atomic mass is 16.1. The Balaban J connectivity index is 2.25. The first-order valence-corrected chi connectivity index (χ1v) is 3.96. The minimum absolute atomic E-state index is 0.329. The third-order valence-corrected chi connectivity index (χ3v) is 3.08. The van der Waals surface area contributed by atoms with Crippen molar-refractivity contribution in [2.24, 2.45) is 23.7 Å². The fourth-order valence-electron chi connectivity index (χ4n) is 2.33. The summed E-state index contributed by atoms with van der Waals surface area (Å²) in [6.07, 6.45) is 6.85. The largest absolute Gasteiger partial charge is 0.303 e. The molecule has 0 aromatic carbocycles. The van der Waals surface area contributed by atoms with Gasteiger partial charge in [-0.1, -0.05) is 19.1 Å². The highest BCUT2D eigenvalue weighted by Crippen LogP contribution is 2.46. The number of allylic oxidation sites excluding steroid dienone is 2. The van der Waals surface area contributed by atoms with Crippen LogP contribution in [0.3, 0.4) is 0 Å². The Kier molecular flexibility index (Phi) is 1.19. The zero-order valence-electron chi connectivity index (χ0n) is 6.16. The monoisotopic (exact) mass is 136 g/mol. The number of carbonyl (C=O) groups excluding carboxylic acids is 1. The van der Waals surface area contributed by atoms with Gasteiger partial charge in [0.1, 0.15) is 6.29 Å². The van der Waals surface area contributed by atoms with Crippen LogP contribution < -0.4 is 0 Å². The molecule has 0 aromatic heterocycles. The van der Waals surface area contributed by atoms with E-state index in [9.17, 15) is 4.79 Å². The van der Waals surface area contributed by atoms with E-state index in [1.807, 2.05) is 0 Å². The van der Waals surface area contributed by atoms with Gasteiger partial charge >= 0.3 is 0 Å². The second kappa shape index (κ2) is 1.94. The summed E-state index contributed by atoms with van der Waals surface area (Å²) in [5.74, 6) is 2.22. The van der Waals surface area contributed by atoms with E-state index in [-0.39, 0.29) is 0 Å². The summed E-state index contributed by atoms with van der Waals surface area (Å²) < 4.78 is 0. The van der Waals surface area contributed by atoms with Gasteiger partial charge in [0, 0.05) is 5.92 Å². The molecule has 0 amide bonds. The van der Waals surface area contributed by atoms with Crippen LogP contribution in [-0.4, -0.2) is 6.29 Å². The lowest BCUT2D eigenvalue weighted by Crippen LogP contribution is -2.17. The van der Waals surface area contributed by atoms with Crippen molar-refractivity contribution in [3.8, 4) is 0 Å². The van der Waals surface area contributed by atoms with Crippen molar-refractivity contribution in [2.45, 2.75) is 13.3 Å². The summed E-state index contributed by atoms with van der Waals surface area (Å²) in [5, 5.41) is 0. The fourth-order valence-corrected chi connectivity index (χ4v) is 2.33. The molecule has 2 rings (SSSR count). The third-order valence-electron chi connectivity index (χ3n) is 3.08. The van der Waals surface area contributed by atoms with Crippen molar-refractivity contribution in [1.29, 1.82) is 0 Å². The van der Waals surface area contributed by atoms with Crippen LogP contribution in [0.2, 0.25) is 0 Å². The lowest BCUT2D eigenvalue weighted by atomic mass is 9.86. The van der Waals surface area contributed by atoms with Gasteiger partial charge in [-0.25, -0.2) is 0 Å². The minimum atomic E-state index is 0.329. The van der Waals surface area contributed by atoms with Crippen molar-refractivity contribution < 1.29 is 4.79 Å². The predicted molar refractivity (Wildman–Crippen MR) is 39.5 cm³/mol. The average Bonchev–Trinajstić information content (AvgIpc) is 2.46. The van der Waals surface area contributed by atoms with Gasteiger partial charge in [-0.05, 0) is 24.2 Å². The molecule has 1 fully saturated rings. The van der Waals surface area contributed by atoms with Gasteiger partial charge in [0.2, 0.25) is 0 Å². The molecule has 0 spiro atoms. The van der Waals surface area contributed by atoms with Gasteiger partial charge in [-0.3, -0.25) is 0 Å². The Bertz CT molecular complexity index is 183. The van der Waals surface area contributed by atoms with Crippen LogP contribution in [0.5, 0.6) is 0 Å². The molecular formula is C9H12O. The maximum atomic E-state index is 10.6. The predicted octanol–water partition coefficient (Wildman–Crippen LogP) is 1.64. The molecule has 2 aliphatic rings. The standard InChI is InChI=1S/C9H12O/c1-6-7-2-3-8(4-7)9(6)5-10/h2-3,5-9H,4H2,1H3/t6-,7+,8?,9+/m0/s1. The highest BCUT2D eigenvalue weighted by molar-refractivity contribution is 5.57. The normalized spacial score (nSPS) is 50.1. The van der Waals surface area contributed by atoms with E-state index in [0.717, 1.165) is 6.29 Å². The molecule has 1 heteroatoms. The third kappa shape index (κ3) is 0.606. The van der Waals surface area contributed by atoms with Gasteiger partial charge in [0.05, 0.1) is 0 Å². The van der Waals surface area contributed by atoms with Crippen LogP contribution >= 0.6 is 0 Å². The van der Waals surface area contributed by atoms with Crippen LogP contribution in [0, 0.1) is 23.7 Å². The number of hydrogen-bond donors (Lipinski definition) is 0. The molecular weight excluding hydrogens is 124 g/mol. The Morgan fingerprint density at radius 2 is 2.10 bits per heavy atom. The Morgan fingerprint density at radius 1 is 1.40 bits per heavy atom. The van der Waals surface area contributed by atoms with E-state index in [0.29, 0.717) is 23.7 Å². The summed E-state index contributed by atoms with van der Waals surface area (Å²) in [6, 6.07) is 0. The van der Waals surface area contributed by atoms with E-state index in [2.05, 4.69) is 19.1 Å². The molecule has 2 bridgehead atoms. The van der Waals surface area contributed by atoms with Gasteiger partial charge in [-0.2, -0.15) is 0 Å². The van der Waals surface area contributed by atoms with Crippen molar-refractivity contribution in [3.05, 3.63) is 12.2 Å². The summed E-state index contributed by atoms with van der Waals surface area (Å²) in [5.41, 5.74) is 0. The average molecular weight is 136 g/mol. The van der Waals surface area contributed by atoms with Crippen LogP contribution in [0.15, 0.2) is 12.2 Å². The second-order valence-corrected chi connectivity index (χ2v) is 3.52. The van der Waals surface area contributed by atoms with Gasteiger partial charge in [0.15, 0.2) is 0 Å². The highest BCUT2D eigenvalue weighted by Gasteiger charge is 2.41. The molecule has 54 valence electrons. The molecule has 1 unspecified atom stereocenters. The first kappa shape index (κ1) is 6.14. The van der Waals surface area contributed by atoms with Crippen molar-refractivity contribution in [1.82, 2.24) is 0 Å². The van der Waals surface area contributed by atoms with E-state index in [4.69, 9.17) is 0 Å².